The van der Waals surface area contributed by atoms with Crippen LogP contribution in [0.2, 0.25) is 0 Å². The topological polar surface area (TPSA) is 118 Å². The number of imidazole rings is 1. The number of nitrogens with zero attached hydrogens (tertiary/aromatic N) is 6. The van der Waals surface area contributed by atoms with Crippen LogP contribution in [0.1, 0.15) is 101 Å². The summed E-state index contributed by atoms with van der Waals surface area (Å²) in [4.78, 5) is 46.6. The fourth-order valence-electron chi connectivity index (χ4n) is 9.64. The highest BCUT2D eigenvalue weighted by atomic mass is 19.3. The number of halogens is 3. The Bertz CT molecular complexity index is 2230. The van der Waals surface area contributed by atoms with Crippen LogP contribution in [0.25, 0.3) is 22.3 Å². The molecule has 2 atom stereocenters. The molecule has 2 saturated heterocycles. The van der Waals surface area contributed by atoms with Crippen molar-refractivity contribution in [3.05, 3.63) is 59.4 Å². The maximum absolute atomic E-state index is 15.7. The number of rotatable bonds is 9. The molecule has 11 nitrogen and oxygen atoms in total. The molecule has 2 unspecified atom stereocenters. The van der Waals surface area contributed by atoms with Gasteiger partial charge in [-0.2, -0.15) is 0 Å². The van der Waals surface area contributed by atoms with Gasteiger partial charge in [0.2, 0.25) is 5.91 Å². The highest BCUT2D eigenvalue weighted by Crippen LogP contribution is 2.52. The Morgan fingerprint density at radius 1 is 1.00 bits per heavy atom. The van der Waals surface area contributed by atoms with Crippen molar-refractivity contribution in [2.24, 2.45) is 0 Å². The van der Waals surface area contributed by atoms with E-state index in [1.165, 1.54) is 12.1 Å². The fraction of sp³-hybridized carbons (Fsp3) is 0.537. The molecule has 3 aromatic heterocycles. The van der Waals surface area contributed by atoms with Crippen LogP contribution < -0.4 is 15.5 Å². The molecule has 3 aliphatic heterocycles. The Hall–Kier alpha value is -4.56. The molecule has 2 amide bonds. The minimum absolute atomic E-state index is 0.00503. The van der Waals surface area contributed by atoms with Crippen LogP contribution in [-0.2, 0) is 14.9 Å². The lowest BCUT2D eigenvalue weighted by molar-refractivity contribution is -0.126. The maximum atomic E-state index is 15.7. The first-order valence-corrected chi connectivity index (χ1v) is 19.4. The minimum atomic E-state index is -2.70. The normalized spacial score (nSPS) is 26.5. The molecule has 1 aromatic carbocycles. The molecule has 2 saturated carbocycles. The van der Waals surface area contributed by atoms with Gasteiger partial charge in [-0.1, -0.05) is 0 Å². The smallest absolute Gasteiger partial charge is 0.261 e. The van der Waals surface area contributed by atoms with Gasteiger partial charge in [0.25, 0.3) is 12.3 Å². The number of aryl methyl sites for hydroxylation is 1. The number of benzene rings is 1. The van der Waals surface area contributed by atoms with Gasteiger partial charge in [-0.15, -0.1) is 0 Å². The number of carbonyl (C=O) groups excluding carboxylic acids is 2. The van der Waals surface area contributed by atoms with Crippen molar-refractivity contribution in [1.29, 1.82) is 0 Å². The number of hydrogen-bond acceptors (Lipinski definition) is 8. The molecule has 55 heavy (non-hydrogen) atoms. The molecule has 2 N–H and O–H groups in total. The number of alkyl halides is 2. The summed E-state index contributed by atoms with van der Waals surface area (Å²) in [5.41, 5.74) is 1.90. The molecule has 6 heterocycles. The third-order valence-electron chi connectivity index (χ3n) is 12.8. The summed E-state index contributed by atoms with van der Waals surface area (Å²) in [6, 6.07) is 7.25. The van der Waals surface area contributed by atoms with Crippen molar-refractivity contribution in [3.63, 3.8) is 0 Å². The van der Waals surface area contributed by atoms with E-state index in [4.69, 9.17) is 14.7 Å². The zero-order chi connectivity index (χ0) is 38.8. The van der Waals surface area contributed by atoms with Gasteiger partial charge in [0.05, 0.1) is 53.2 Å². The van der Waals surface area contributed by atoms with E-state index in [1.807, 2.05) is 49.3 Å². The fourth-order valence-corrected chi connectivity index (χ4v) is 9.64. The van der Waals surface area contributed by atoms with Gasteiger partial charge in [-0.05, 0) is 110 Å². The summed E-state index contributed by atoms with van der Waals surface area (Å²) >= 11 is 0. The molecule has 2 aliphatic carbocycles. The number of fused-ring (bicyclic) bond motifs is 4. The molecule has 290 valence electrons. The van der Waals surface area contributed by atoms with Gasteiger partial charge >= 0.3 is 0 Å². The van der Waals surface area contributed by atoms with Gasteiger partial charge in [0.1, 0.15) is 16.9 Å². The van der Waals surface area contributed by atoms with Crippen LogP contribution in [0.4, 0.5) is 30.4 Å². The first-order chi connectivity index (χ1) is 26.1. The van der Waals surface area contributed by atoms with E-state index in [2.05, 4.69) is 27.4 Å². The van der Waals surface area contributed by atoms with E-state index >= 15 is 4.39 Å². The van der Waals surface area contributed by atoms with E-state index < -0.39 is 29.1 Å². The van der Waals surface area contributed by atoms with E-state index in [9.17, 15) is 18.4 Å². The predicted octanol–water partition coefficient (Wildman–Crippen LogP) is 7.20. The van der Waals surface area contributed by atoms with Gasteiger partial charge in [-0.25, -0.2) is 23.1 Å². The monoisotopic (exact) mass is 756 g/mol. The number of morpholine rings is 1. The summed E-state index contributed by atoms with van der Waals surface area (Å²) < 4.78 is 50.8. The Kier molecular flexibility index (Phi) is 8.19. The van der Waals surface area contributed by atoms with Gasteiger partial charge in [-0.3, -0.25) is 19.5 Å². The van der Waals surface area contributed by atoms with Crippen LogP contribution in [0.15, 0.2) is 36.8 Å². The lowest BCUT2D eigenvalue weighted by Crippen LogP contribution is -2.67. The number of anilines is 3. The molecule has 14 heteroatoms. The standard InChI is InChI=1S/C41H47F3N8O3/c1-21(2)50-20-46-31-14-29(47-35(33(31)50)48-30-13-27(22(3)11-28(30)42)36(53)49-41(9-10-41)37(43)44)23-12-32-34(45-17-23)39(4,5)38(54)51(32)26-15-40(6,16-26)52-24-7-8-25(52)19-55-18-24/h11-14,17,20-21,24-26,37H,7-10,15-16,18-19H2,1-6H3,(H,47,48)(H,49,53)/t24?,25?,26-,40+. The molecular formula is C41H47F3N8O3. The molecule has 4 fully saturated rings. The van der Waals surface area contributed by atoms with Crippen LogP contribution in [0.5, 0.6) is 0 Å². The van der Waals surface area contributed by atoms with Crippen molar-refractivity contribution in [1.82, 2.24) is 29.7 Å². The first-order valence-electron chi connectivity index (χ1n) is 19.4. The second-order valence-corrected chi connectivity index (χ2v) is 17.4. The van der Waals surface area contributed by atoms with Crippen LogP contribution in [0, 0.1) is 12.7 Å². The number of amides is 2. The third kappa shape index (κ3) is 5.64. The van der Waals surface area contributed by atoms with Crippen LogP contribution in [0.3, 0.4) is 0 Å². The Balaban J connectivity index is 1.07. The van der Waals surface area contributed by atoms with Gasteiger partial charge < -0.3 is 24.8 Å². The van der Waals surface area contributed by atoms with E-state index in [0.29, 0.717) is 45.8 Å². The summed E-state index contributed by atoms with van der Waals surface area (Å²) in [6.45, 7) is 13.3. The predicted molar refractivity (Wildman–Crippen MR) is 202 cm³/mol. The van der Waals surface area contributed by atoms with E-state index in [-0.39, 0.29) is 47.6 Å². The highest BCUT2D eigenvalue weighted by Gasteiger charge is 2.58. The molecule has 2 bridgehead atoms. The largest absolute Gasteiger partial charge is 0.378 e. The summed E-state index contributed by atoms with van der Waals surface area (Å²) in [5, 5.41) is 5.61. The SMILES string of the molecule is Cc1cc(F)c(Nc2nc(-c3cnc4c(c3)N([C@H]3C[C@@](C)(N5C6CCC5COC6)C3)C(=O)C4(C)C)cc3ncn(C(C)C)c23)cc1C(=O)NC1(C(F)F)CC1. The quantitative estimate of drug-likeness (QED) is 0.184. The molecule has 5 aliphatic rings. The van der Waals surface area contributed by atoms with E-state index in [0.717, 1.165) is 50.3 Å². The number of hydrogen-bond donors (Lipinski definition) is 2. The van der Waals surface area contributed by atoms with Crippen molar-refractivity contribution >= 4 is 40.0 Å². The highest BCUT2D eigenvalue weighted by molar-refractivity contribution is 6.08. The molecule has 0 spiro atoms. The summed E-state index contributed by atoms with van der Waals surface area (Å²) in [7, 11) is 0. The Morgan fingerprint density at radius 3 is 2.36 bits per heavy atom. The third-order valence-corrected chi connectivity index (χ3v) is 12.8. The number of ether oxygens (including phenoxy) is 1. The number of pyridine rings is 2. The van der Waals surface area contributed by atoms with Crippen LogP contribution in [-0.4, -0.2) is 85.1 Å². The lowest BCUT2D eigenvalue weighted by atomic mass is 9.71. The average Bonchev–Trinajstić information content (AvgIpc) is 3.63. The zero-order valence-electron chi connectivity index (χ0n) is 32.0. The van der Waals surface area contributed by atoms with Crippen molar-refractivity contribution in [3.8, 4) is 11.3 Å². The number of nitrogens with one attached hydrogen (secondary N) is 2. The van der Waals surface area contributed by atoms with Gasteiger partial charge in [0.15, 0.2) is 5.82 Å². The zero-order valence-corrected chi connectivity index (χ0v) is 32.0. The second kappa shape index (κ2) is 12.5. The summed E-state index contributed by atoms with van der Waals surface area (Å²) in [6.07, 6.45) is 5.12. The molecule has 9 rings (SSSR count). The molecule has 4 aromatic rings. The number of aromatic nitrogens is 4. The lowest BCUT2D eigenvalue weighted by Gasteiger charge is -2.58. The Labute approximate surface area is 318 Å². The number of carbonyl (C=O) groups is 2. The average molecular weight is 757 g/mol. The van der Waals surface area contributed by atoms with E-state index in [1.54, 1.807) is 19.4 Å². The molecular weight excluding hydrogens is 709 g/mol. The molecule has 0 radical (unpaired) electrons. The van der Waals surface area contributed by atoms with Crippen molar-refractivity contribution in [2.75, 3.05) is 23.4 Å². The van der Waals surface area contributed by atoms with Crippen molar-refractivity contribution in [2.45, 2.75) is 127 Å². The Morgan fingerprint density at radius 2 is 1.71 bits per heavy atom. The first kappa shape index (κ1) is 36.1. The minimum Gasteiger partial charge on any atom is -0.378 e. The maximum Gasteiger partial charge on any atom is 0.261 e. The van der Waals surface area contributed by atoms with Crippen LogP contribution >= 0.6 is 0 Å². The van der Waals surface area contributed by atoms with Crippen molar-refractivity contribution < 1.29 is 27.5 Å². The summed E-state index contributed by atoms with van der Waals surface area (Å²) in [5.74, 6) is -0.995. The van der Waals surface area contributed by atoms with Gasteiger partial charge in [0, 0.05) is 47.0 Å². The second-order valence-electron chi connectivity index (χ2n) is 17.4.